The van der Waals surface area contributed by atoms with Gasteiger partial charge in [-0.15, -0.1) is 0 Å². The van der Waals surface area contributed by atoms with Crippen LogP contribution in [0.2, 0.25) is 0 Å². The number of aliphatic hydroxyl groups excluding tert-OH is 1. The Labute approximate surface area is 105 Å². The quantitative estimate of drug-likeness (QED) is 0.820. The lowest BCUT2D eigenvalue weighted by atomic mass is 9.78. The molecule has 3 unspecified atom stereocenters. The Morgan fingerprint density at radius 1 is 1.39 bits per heavy atom. The zero-order chi connectivity index (χ0) is 13.8. The van der Waals surface area contributed by atoms with Crippen LogP contribution >= 0.6 is 0 Å². The maximum absolute atomic E-state index is 12.8. The van der Waals surface area contributed by atoms with Crippen molar-refractivity contribution < 1.29 is 23.1 Å². The Morgan fingerprint density at radius 2 is 2.00 bits per heavy atom. The van der Waals surface area contributed by atoms with E-state index in [1.54, 1.807) is 6.92 Å². The molecule has 1 fully saturated rings. The van der Waals surface area contributed by atoms with Crippen molar-refractivity contribution in [2.75, 3.05) is 6.61 Å². The predicted octanol–water partition coefficient (Wildman–Crippen LogP) is 2.24. The second-order valence-electron chi connectivity index (χ2n) is 4.84. The van der Waals surface area contributed by atoms with Gasteiger partial charge in [0.05, 0.1) is 18.6 Å². The van der Waals surface area contributed by atoms with Crippen molar-refractivity contribution in [3.8, 4) is 0 Å². The van der Waals surface area contributed by atoms with E-state index in [9.17, 15) is 18.0 Å². The number of carbonyl (C=O) groups excluding carboxylic acids is 1. The van der Waals surface area contributed by atoms with Crippen molar-refractivity contribution in [2.24, 2.45) is 11.8 Å². The number of carbonyl (C=O) groups is 1. The van der Waals surface area contributed by atoms with Crippen LogP contribution < -0.4 is 5.32 Å². The van der Waals surface area contributed by atoms with E-state index in [2.05, 4.69) is 5.32 Å². The lowest BCUT2D eigenvalue weighted by molar-refractivity contribution is -0.198. The van der Waals surface area contributed by atoms with Crippen LogP contribution in [0.4, 0.5) is 13.2 Å². The third kappa shape index (κ3) is 3.86. The van der Waals surface area contributed by atoms with Crippen LogP contribution in [0.5, 0.6) is 0 Å². The fourth-order valence-corrected chi connectivity index (χ4v) is 2.42. The van der Waals surface area contributed by atoms with E-state index >= 15 is 0 Å². The van der Waals surface area contributed by atoms with Crippen LogP contribution in [-0.2, 0) is 4.79 Å². The van der Waals surface area contributed by atoms with E-state index < -0.39 is 30.0 Å². The Bertz CT molecular complexity index is 277. The van der Waals surface area contributed by atoms with Gasteiger partial charge in [0.25, 0.3) is 0 Å². The summed E-state index contributed by atoms with van der Waals surface area (Å²) >= 11 is 0. The molecule has 0 aromatic rings. The summed E-state index contributed by atoms with van der Waals surface area (Å²) in [6.07, 6.45) is -2.34. The molecule has 1 aliphatic rings. The first-order chi connectivity index (χ1) is 8.40. The summed E-state index contributed by atoms with van der Waals surface area (Å²) in [6, 6.07) is -0.451. The molecule has 0 heterocycles. The van der Waals surface area contributed by atoms with E-state index in [1.807, 2.05) is 0 Å². The number of alkyl halides is 3. The first-order valence-corrected chi connectivity index (χ1v) is 6.38. The summed E-state index contributed by atoms with van der Waals surface area (Å²) in [5.74, 6) is -3.11. The van der Waals surface area contributed by atoms with Gasteiger partial charge < -0.3 is 10.4 Å². The largest absolute Gasteiger partial charge is 0.394 e. The van der Waals surface area contributed by atoms with Gasteiger partial charge in [0.1, 0.15) is 0 Å². The highest BCUT2D eigenvalue weighted by atomic mass is 19.4. The predicted molar refractivity (Wildman–Crippen MR) is 60.8 cm³/mol. The van der Waals surface area contributed by atoms with Crippen LogP contribution in [0.3, 0.4) is 0 Å². The highest BCUT2D eigenvalue weighted by Crippen LogP contribution is 2.41. The number of nitrogens with one attached hydrogen (secondary N) is 1. The highest BCUT2D eigenvalue weighted by Gasteiger charge is 2.48. The first-order valence-electron chi connectivity index (χ1n) is 6.38. The van der Waals surface area contributed by atoms with Crippen molar-refractivity contribution in [2.45, 2.75) is 51.2 Å². The highest BCUT2D eigenvalue weighted by molar-refractivity contribution is 5.79. The fourth-order valence-electron chi connectivity index (χ4n) is 2.42. The van der Waals surface area contributed by atoms with Crippen molar-refractivity contribution in [1.29, 1.82) is 0 Å². The lowest BCUT2D eigenvalue weighted by Gasteiger charge is -2.32. The smallest absolute Gasteiger partial charge is 0.392 e. The van der Waals surface area contributed by atoms with E-state index in [0.717, 1.165) is 0 Å². The van der Waals surface area contributed by atoms with Gasteiger partial charge >= 0.3 is 6.18 Å². The lowest BCUT2D eigenvalue weighted by Crippen LogP contribution is -2.46. The first kappa shape index (κ1) is 15.3. The molecule has 0 aliphatic heterocycles. The summed E-state index contributed by atoms with van der Waals surface area (Å²) in [5, 5.41) is 11.5. The van der Waals surface area contributed by atoms with Crippen molar-refractivity contribution >= 4 is 5.91 Å². The zero-order valence-corrected chi connectivity index (χ0v) is 10.5. The molecule has 1 rings (SSSR count). The molecular formula is C12H20F3NO2. The van der Waals surface area contributed by atoms with Gasteiger partial charge in [0.2, 0.25) is 5.91 Å². The molecule has 1 saturated carbocycles. The standard InChI is InChI=1S/C12H20F3NO2/c1-2-8(7-17)16-11(18)9-5-3-4-6-10(9)12(13,14)15/h8-10,17H,2-7H2,1H3,(H,16,18). The molecule has 3 atom stereocenters. The maximum atomic E-state index is 12.8. The molecule has 6 heteroatoms. The van der Waals surface area contributed by atoms with E-state index in [1.165, 1.54) is 0 Å². The van der Waals surface area contributed by atoms with Gasteiger partial charge in [-0.1, -0.05) is 19.8 Å². The molecule has 0 spiro atoms. The summed E-state index contributed by atoms with van der Waals surface area (Å²) in [4.78, 5) is 11.9. The van der Waals surface area contributed by atoms with Gasteiger partial charge in [-0.05, 0) is 19.3 Å². The molecule has 1 aliphatic carbocycles. The molecular weight excluding hydrogens is 247 g/mol. The second kappa shape index (κ2) is 6.41. The Hall–Kier alpha value is -0.780. The average molecular weight is 267 g/mol. The van der Waals surface area contributed by atoms with Gasteiger partial charge in [-0.3, -0.25) is 4.79 Å². The third-order valence-electron chi connectivity index (χ3n) is 3.58. The van der Waals surface area contributed by atoms with Gasteiger partial charge in [0, 0.05) is 5.92 Å². The molecule has 2 N–H and O–H groups in total. The molecule has 0 aromatic heterocycles. The summed E-state index contributed by atoms with van der Waals surface area (Å²) in [7, 11) is 0. The minimum Gasteiger partial charge on any atom is -0.394 e. The van der Waals surface area contributed by atoms with Crippen LogP contribution in [0.15, 0.2) is 0 Å². The molecule has 3 nitrogen and oxygen atoms in total. The molecule has 1 amide bonds. The number of aliphatic hydroxyl groups is 1. The van der Waals surface area contributed by atoms with Crippen LogP contribution in [0.1, 0.15) is 39.0 Å². The summed E-state index contributed by atoms with van der Waals surface area (Å²) in [6.45, 7) is 1.52. The fraction of sp³-hybridized carbons (Fsp3) is 0.917. The molecule has 18 heavy (non-hydrogen) atoms. The second-order valence-corrected chi connectivity index (χ2v) is 4.84. The van der Waals surface area contributed by atoms with Gasteiger partial charge in [0.15, 0.2) is 0 Å². The van der Waals surface area contributed by atoms with Crippen molar-refractivity contribution in [3.63, 3.8) is 0 Å². The number of hydrogen-bond acceptors (Lipinski definition) is 2. The monoisotopic (exact) mass is 267 g/mol. The van der Waals surface area contributed by atoms with Crippen LogP contribution in [-0.4, -0.2) is 29.8 Å². The average Bonchev–Trinajstić information content (AvgIpc) is 2.34. The SMILES string of the molecule is CCC(CO)NC(=O)C1CCCCC1C(F)(F)F. The Balaban J connectivity index is 2.68. The zero-order valence-electron chi connectivity index (χ0n) is 10.5. The summed E-state index contributed by atoms with van der Waals surface area (Å²) in [5.41, 5.74) is 0. The molecule has 106 valence electrons. The van der Waals surface area contributed by atoms with Crippen molar-refractivity contribution in [3.05, 3.63) is 0 Å². The number of amides is 1. The number of rotatable bonds is 4. The number of halogens is 3. The minimum absolute atomic E-state index is 0.0253. The van der Waals surface area contributed by atoms with Gasteiger partial charge in [-0.25, -0.2) is 0 Å². The van der Waals surface area contributed by atoms with Gasteiger partial charge in [-0.2, -0.15) is 13.2 Å². The Kier molecular flexibility index (Phi) is 5.44. The molecule has 0 saturated heterocycles. The topological polar surface area (TPSA) is 49.3 Å². The minimum atomic E-state index is -4.32. The number of hydrogen-bond donors (Lipinski definition) is 2. The normalized spacial score (nSPS) is 26.7. The third-order valence-corrected chi connectivity index (χ3v) is 3.58. The van der Waals surface area contributed by atoms with E-state index in [0.29, 0.717) is 19.3 Å². The molecule has 0 radical (unpaired) electrons. The summed E-state index contributed by atoms with van der Waals surface area (Å²) < 4.78 is 38.5. The van der Waals surface area contributed by atoms with Crippen LogP contribution in [0.25, 0.3) is 0 Å². The molecule has 0 bridgehead atoms. The Morgan fingerprint density at radius 3 is 2.50 bits per heavy atom. The van der Waals surface area contributed by atoms with Crippen LogP contribution in [0, 0.1) is 11.8 Å². The van der Waals surface area contributed by atoms with Crippen molar-refractivity contribution in [1.82, 2.24) is 5.32 Å². The van der Waals surface area contributed by atoms with E-state index in [4.69, 9.17) is 5.11 Å². The van der Waals surface area contributed by atoms with E-state index in [-0.39, 0.29) is 19.4 Å². The maximum Gasteiger partial charge on any atom is 0.392 e. The molecule has 0 aromatic carbocycles.